The fraction of sp³-hybridized carbons (Fsp3) is 0.722. The lowest BCUT2D eigenvalue weighted by atomic mass is 10.1. The van der Waals surface area contributed by atoms with Crippen LogP contribution in [0.5, 0.6) is 0 Å². The van der Waals surface area contributed by atoms with Gasteiger partial charge in [0, 0.05) is 19.4 Å². The summed E-state index contributed by atoms with van der Waals surface area (Å²) in [5, 5.41) is 16.8. The van der Waals surface area contributed by atoms with E-state index in [0.29, 0.717) is 19.5 Å². The van der Waals surface area contributed by atoms with E-state index in [1.54, 1.807) is 6.92 Å². The first-order chi connectivity index (χ1) is 13.2. The van der Waals surface area contributed by atoms with E-state index < -0.39 is 41.8 Å². The summed E-state index contributed by atoms with van der Waals surface area (Å²) >= 11 is 0. The number of rotatable bonds is 10. The molecule has 10 heteroatoms. The van der Waals surface area contributed by atoms with Crippen LogP contribution in [-0.4, -0.2) is 70.8 Å². The monoisotopic (exact) mass is 398 g/mol. The minimum absolute atomic E-state index is 0.0691. The van der Waals surface area contributed by atoms with Gasteiger partial charge in [-0.1, -0.05) is 0 Å². The Hall–Kier alpha value is -2.49. The minimum Gasteiger partial charge on any atom is -0.481 e. The Morgan fingerprint density at radius 2 is 1.82 bits per heavy atom. The van der Waals surface area contributed by atoms with Crippen LogP contribution in [0.3, 0.4) is 0 Å². The molecule has 4 N–H and O–H groups in total. The van der Waals surface area contributed by atoms with Crippen LogP contribution in [0.4, 0.5) is 0 Å². The van der Waals surface area contributed by atoms with Crippen molar-refractivity contribution in [2.24, 2.45) is 0 Å². The summed E-state index contributed by atoms with van der Waals surface area (Å²) in [7, 11) is 0. The van der Waals surface area contributed by atoms with E-state index in [0.717, 1.165) is 11.3 Å². The van der Waals surface area contributed by atoms with Gasteiger partial charge in [-0.25, -0.2) is 0 Å². The van der Waals surface area contributed by atoms with Gasteiger partial charge in [0.05, 0.1) is 6.04 Å². The molecule has 158 valence electrons. The lowest BCUT2D eigenvalue weighted by molar-refractivity contribution is -0.152. The molecule has 4 amide bonds. The predicted octanol–water partition coefficient (Wildman–Crippen LogP) is -0.622. The largest absolute Gasteiger partial charge is 0.481 e. The number of nitrogens with zero attached hydrogens (tertiary/aromatic N) is 1. The van der Waals surface area contributed by atoms with Gasteiger partial charge in [0.15, 0.2) is 0 Å². The molecule has 1 rings (SSSR count). The van der Waals surface area contributed by atoms with Crippen molar-refractivity contribution >= 4 is 29.6 Å². The number of carbonyl (C=O) groups is 5. The van der Waals surface area contributed by atoms with Gasteiger partial charge >= 0.3 is 5.97 Å². The van der Waals surface area contributed by atoms with Crippen molar-refractivity contribution in [2.75, 3.05) is 13.1 Å². The summed E-state index contributed by atoms with van der Waals surface area (Å²) in [5.41, 5.74) is 0. The van der Waals surface area contributed by atoms with Crippen molar-refractivity contribution in [3.63, 3.8) is 0 Å². The first kappa shape index (κ1) is 23.5. The lowest BCUT2D eigenvalue weighted by Gasteiger charge is -2.29. The van der Waals surface area contributed by atoms with Crippen LogP contribution < -0.4 is 16.0 Å². The first-order valence-electron chi connectivity index (χ1n) is 9.58. The van der Waals surface area contributed by atoms with E-state index in [2.05, 4.69) is 16.0 Å². The van der Waals surface area contributed by atoms with Crippen molar-refractivity contribution in [3.05, 3.63) is 0 Å². The average molecular weight is 398 g/mol. The van der Waals surface area contributed by atoms with E-state index in [1.165, 1.54) is 13.8 Å². The molecule has 0 aliphatic carbocycles. The number of carboxylic acids is 1. The molecule has 1 saturated heterocycles. The Kier molecular flexibility index (Phi) is 9.57. The number of nitrogens with one attached hydrogen (secondary N) is 3. The van der Waals surface area contributed by atoms with Crippen LogP contribution in [0, 0.1) is 0 Å². The van der Waals surface area contributed by atoms with Crippen molar-refractivity contribution in [1.29, 1.82) is 0 Å². The highest BCUT2D eigenvalue weighted by Gasteiger charge is 2.36. The molecule has 0 bridgehead atoms. The minimum atomic E-state index is -1.12. The molecule has 10 nitrogen and oxygen atoms in total. The SMILES string of the molecule is CCNC(=O)[C@H](C)NC(=O)[C@H](C)N(C(=O)CCCC(=O)O)C(=O)[C@@H]1CCCN1. The molecule has 1 heterocycles. The number of aliphatic carboxylic acids is 1. The molecule has 0 aromatic heterocycles. The third-order valence-corrected chi connectivity index (χ3v) is 4.52. The van der Waals surface area contributed by atoms with Crippen LogP contribution in [0.25, 0.3) is 0 Å². The molecule has 0 aromatic rings. The highest BCUT2D eigenvalue weighted by atomic mass is 16.4. The van der Waals surface area contributed by atoms with E-state index in [-0.39, 0.29) is 25.2 Å². The molecular formula is C18H30N4O6. The zero-order valence-electron chi connectivity index (χ0n) is 16.6. The van der Waals surface area contributed by atoms with Crippen LogP contribution in [0.15, 0.2) is 0 Å². The van der Waals surface area contributed by atoms with Gasteiger partial charge in [-0.2, -0.15) is 0 Å². The van der Waals surface area contributed by atoms with E-state index in [9.17, 15) is 24.0 Å². The van der Waals surface area contributed by atoms with Gasteiger partial charge in [-0.3, -0.25) is 28.9 Å². The first-order valence-corrected chi connectivity index (χ1v) is 9.58. The normalized spacial score (nSPS) is 18.0. The Balaban J connectivity index is 2.87. The lowest BCUT2D eigenvalue weighted by Crippen LogP contribution is -2.57. The van der Waals surface area contributed by atoms with Gasteiger partial charge in [0.1, 0.15) is 12.1 Å². The summed E-state index contributed by atoms with van der Waals surface area (Å²) in [4.78, 5) is 61.4. The number of carboxylic acid groups (broad SMARTS) is 1. The number of amides is 4. The zero-order valence-corrected chi connectivity index (χ0v) is 16.6. The fourth-order valence-electron chi connectivity index (χ4n) is 2.95. The van der Waals surface area contributed by atoms with Crippen molar-refractivity contribution < 1.29 is 29.1 Å². The molecule has 0 unspecified atom stereocenters. The van der Waals surface area contributed by atoms with E-state index >= 15 is 0 Å². The van der Waals surface area contributed by atoms with E-state index in [4.69, 9.17) is 5.11 Å². The van der Waals surface area contributed by atoms with Gasteiger partial charge in [-0.05, 0) is 46.6 Å². The molecule has 0 radical (unpaired) electrons. The highest BCUT2D eigenvalue weighted by Crippen LogP contribution is 2.14. The second kappa shape index (κ2) is 11.4. The molecule has 0 saturated carbocycles. The Morgan fingerprint density at radius 3 is 2.36 bits per heavy atom. The molecule has 1 aliphatic rings. The summed E-state index contributed by atoms with van der Waals surface area (Å²) in [5.74, 6) is -3.15. The molecule has 1 fully saturated rings. The van der Waals surface area contributed by atoms with Crippen molar-refractivity contribution in [1.82, 2.24) is 20.9 Å². The quantitative estimate of drug-likeness (QED) is 0.384. The fourth-order valence-corrected chi connectivity index (χ4v) is 2.95. The van der Waals surface area contributed by atoms with Crippen LogP contribution in [-0.2, 0) is 24.0 Å². The topological polar surface area (TPSA) is 145 Å². The third-order valence-electron chi connectivity index (χ3n) is 4.52. The third kappa shape index (κ3) is 6.91. The molecular weight excluding hydrogens is 368 g/mol. The maximum atomic E-state index is 12.8. The van der Waals surface area contributed by atoms with Crippen molar-refractivity contribution in [2.45, 2.75) is 71.0 Å². The summed E-state index contributed by atoms with van der Waals surface area (Å²) < 4.78 is 0. The molecule has 0 spiro atoms. The number of hydrogen-bond donors (Lipinski definition) is 4. The number of carbonyl (C=O) groups excluding carboxylic acids is 4. The Morgan fingerprint density at radius 1 is 1.14 bits per heavy atom. The van der Waals surface area contributed by atoms with Crippen LogP contribution in [0.1, 0.15) is 52.9 Å². The smallest absolute Gasteiger partial charge is 0.303 e. The second-order valence-corrected chi connectivity index (χ2v) is 6.80. The summed E-state index contributed by atoms with van der Waals surface area (Å²) in [6, 6.07) is -2.50. The van der Waals surface area contributed by atoms with Crippen LogP contribution in [0.2, 0.25) is 0 Å². The number of hydrogen-bond acceptors (Lipinski definition) is 6. The van der Waals surface area contributed by atoms with E-state index in [1.807, 2.05) is 0 Å². The Bertz CT molecular complexity index is 603. The van der Waals surface area contributed by atoms with Gasteiger partial charge < -0.3 is 21.1 Å². The van der Waals surface area contributed by atoms with Crippen LogP contribution >= 0.6 is 0 Å². The zero-order chi connectivity index (χ0) is 21.3. The van der Waals surface area contributed by atoms with Gasteiger partial charge in [-0.15, -0.1) is 0 Å². The van der Waals surface area contributed by atoms with Crippen molar-refractivity contribution in [3.8, 4) is 0 Å². The molecule has 0 aromatic carbocycles. The molecule has 3 atom stereocenters. The summed E-state index contributed by atoms with van der Waals surface area (Å²) in [6.07, 6.45) is 1.05. The standard InChI is InChI=1S/C18H30N4O6/c1-4-19-16(26)11(2)21-17(27)12(3)22(14(23)8-5-9-15(24)25)18(28)13-7-6-10-20-13/h11-13,20H,4-10H2,1-3H3,(H,19,26)(H,21,27)(H,24,25)/t11-,12-,13-/m0/s1. The molecule has 28 heavy (non-hydrogen) atoms. The van der Waals surface area contributed by atoms with Gasteiger partial charge in [0.2, 0.25) is 23.6 Å². The maximum Gasteiger partial charge on any atom is 0.303 e. The summed E-state index contributed by atoms with van der Waals surface area (Å²) in [6.45, 7) is 5.73. The average Bonchev–Trinajstić information content (AvgIpc) is 3.16. The number of likely N-dealkylation sites (N-methyl/N-ethyl adjacent to an activating group) is 1. The highest BCUT2D eigenvalue weighted by molar-refractivity contribution is 6.03. The molecule has 1 aliphatic heterocycles. The van der Waals surface area contributed by atoms with Gasteiger partial charge in [0.25, 0.3) is 0 Å². The maximum absolute atomic E-state index is 12.8. The number of imide groups is 1. The Labute approximate surface area is 164 Å². The second-order valence-electron chi connectivity index (χ2n) is 6.80. The predicted molar refractivity (Wildman–Crippen MR) is 100 cm³/mol.